The monoisotopic (exact) mass is 251 g/mol. The average molecular weight is 252 g/mol. The molecule has 0 aliphatic carbocycles. The van der Waals surface area contributed by atoms with Crippen LogP contribution in [0.3, 0.4) is 0 Å². The van der Waals surface area contributed by atoms with Crippen molar-refractivity contribution in [2.75, 3.05) is 0 Å². The minimum absolute atomic E-state index is 0.0666. The molecule has 6 heteroatoms. The van der Waals surface area contributed by atoms with Crippen molar-refractivity contribution in [1.29, 1.82) is 0 Å². The van der Waals surface area contributed by atoms with Gasteiger partial charge in [0.2, 0.25) is 0 Å². The first-order valence-corrected chi connectivity index (χ1v) is 5.42. The van der Waals surface area contributed by atoms with Crippen molar-refractivity contribution < 1.29 is 9.90 Å². The number of imidazole rings is 1. The summed E-state index contributed by atoms with van der Waals surface area (Å²) in [6, 6.07) is 1.38. The van der Waals surface area contributed by atoms with Gasteiger partial charge < -0.3 is 5.11 Å². The highest BCUT2D eigenvalue weighted by Crippen LogP contribution is 2.20. The number of hydrogen-bond acceptors (Lipinski definition) is 3. The first-order chi connectivity index (χ1) is 8.13. The van der Waals surface area contributed by atoms with Crippen LogP contribution >= 0.6 is 11.6 Å². The number of pyridine rings is 1. The summed E-state index contributed by atoms with van der Waals surface area (Å²) < 4.78 is 1.74. The summed E-state index contributed by atoms with van der Waals surface area (Å²) in [5, 5.41) is 9.10. The number of carbonyl (C=O) groups is 1. The van der Waals surface area contributed by atoms with E-state index in [0.29, 0.717) is 5.82 Å². The van der Waals surface area contributed by atoms with Crippen molar-refractivity contribution in [2.45, 2.75) is 13.3 Å². The Morgan fingerprint density at radius 1 is 1.53 bits per heavy atom. The molecule has 0 saturated heterocycles. The molecule has 0 unspecified atom stereocenters. The second kappa shape index (κ2) is 4.55. The van der Waals surface area contributed by atoms with Gasteiger partial charge in [0.1, 0.15) is 5.82 Å². The lowest BCUT2D eigenvalue weighted by molar-refractivity contribution is 0.0696. The summed E-state index contributed by atoms with van der Waals surface area (Å²) in [6.45, 7) is 1.97. The number of carboxylic acids is 1. The predicted octanol–water partition coefficient (Wildman–Crippen LogP) is 2.18. The summed E-state index contributed by atoms with van der Waals surface area (Å²) in [6.07, 6.45) is 5.42. The molecule has 0 fully saturated rings. The number of halogens is 1. The molecule has 0 spiro atoms. The van der Waals surface area contributed by atoms with Crippen LogP contribution in [0.5, 0.6) is 0 Å². The Labute approximate surface area is 103 Å². The van der Waals surface area contributed by atoms with Crippen molar-refractivity contribution in [3.05, 3.63) is 41.1 Å². The average Bonchev–Trinajstić information content (AvgIpc) is 2.76. The molecule has 0 radical (unpaired) electrons. The van der Waals surface area contributed by atoms with Gasteiger partial charge in [-0.2, -0.15) is 0 Å². The lowest BCUT2D eigenvalue weighted by atomic mass is 10.3. The van der Waals surface area contributed by atoms with Gasteiger partial charge in [-0.1, -0.05) is 18.5 Å². The van der Waals surface area contributed by atoms with Crippen LogP contribution in [0.1, 0.15) is 23.1 Å². The van der Waals surface area contributed by atoms with Crippen molar-refractivity contribution in [2.24, 2.45) is 0 Å². The van der Waals surface area contributed by atoms with E-state index >= 15 is 0 Å². The van der Waals surface area contributed by atoms with Crippen LogP contribution in [0.25, 0.3) is 5.82 Å². The Kier molecular flexibility index (Phi) is 3.10. The lowest BCUT2D eigenvalue weighted by Crippen LogP contribution is -2.05. The van der Waals surface area contributed by atoms with Crippen LogP contribution in [0, 0.1) is 0 Å². The molecule has 0 bridgehead atoms. The zero-order chi connectivity index (χ0) is 12.4. The maximum absolute atomic E-state index is 10.8. The van der Waals surface area contributed by atoms with Gasteiger partial charge in [-0.25, -0.2) is 14.8 Å². The lowest BCUT2D eigenvalue weighted by Gasteiger charge is -2.07. The fourth-order valence-corrected chi connectivity index (χ4v) is 1.77. The molecule has 0 aliphatic rings. The normalized spacial score (nSPS) is 10.5. The van der Waals surface area contributed by atoms with E-state index < -0.39 is 5.97 Å². The third kappa shape index (κ3) is 2.14. The number of nitrogens with zero attached hydrogens (tertiary/aromatic N) is 3. The van der Waals surface area contributed by atoms with Gasteiger partial charge in [-0.15, -0.1) is 0 Å². The predicted molar refractivity (Wildman–Crippen MR) is 62.7 cm³/mol. The van der Waals surface area contributed by atoms with E-state index in [1.807, 2.05) is 6.92 Å². The molecule has 17 heavy (non-hydrogen) atoms. The largest absolute Gasteiger partial charge is 0.478 e. The fraction of sp³-hybridized carbons (Fsp3) is 0.182. The quantitative estimate of drug-likeness (QED) is 0.908. The second-order valence-corrected chi connectivity index (χ2v) is 3.81. The topological polar surface area (TPSA) is 68.0 Å². The van der Waals surface area contributed by atoms with Crippen molar-refractivity contribution in [3.8, 4) is 5.82 Å². The smallest absolute Gasteiger partial charge is 0.337 e. The Balaban J connectivity index is 2.50. The Hall–Kier alpha value is -1.88. The minimum Gasteiger partial charge on any atom is -0.478 e. The highest BCUT2D eigenvalue weighted by atomic mass is 35.5. The number of aryl methyl sites for hydroxylation is 1. The first-order valence-electron chi connectivity index (χ1n) is 5.05. The van der Waals surface area contributed by atoms with Crippen LogP contribution in [-0.2, 0) is 6.42 Å². The van der Waals surface area contributed by atoms with E-state index in [2.05, 4.69) is 9.97 Å². The van der Waals surface area contributed by atoms with Gasteiger partial charge in [0.25, 0.3) is 0 Å². The molecule has 88 valence electrons. The SMILES string of the molecule is CCc1nccn1-c1ncc(C(=O)O)cc1Cl. The minimum atomic E-state index is -1.05. The van der Waals surface area contributed by atoms with E-state index in [9.17, 15) is 4.79 Å². The van der Waals surface area contributed by atoms with Crippen LogP contribution in [0.2, 0.25) is 5.02 Å². The summed E-state index contributed by atoms with van der Waals surface area (Å²) in [5.41, 5.74) is 0.0666. The molecule has 0 aliphatic heterocycles. The van der Waals surface area contributed by atoms with Crippen molar-refractivity contribution in [3.63, 3.8) is 0 Å². The molecule has 1 N–H and O–H groups in total. The first kappa shape index (κ1) is 11.6. The number of hydrogen-bond donors (Lipinski definition) is 1. The molecule has 5 nitrogen and oxygen atoms in total. The van der Waals surface area contributed by atoms with E-state index in [-0.39, 0.29) is 10.6 Å². The van der Waals surface area contributed by atoms with Gasteiger partial charge in [-0.05, 0) is 6.07 Å². The van der Waals surface area contributed by atoms with E-state index in [1.165, 1.54) is 12.3 Å². The highest BCUT2D eigenvalue weighted by molar-refractivity contribution is 6.32. The summed E-state index contributed by atoms with van der Waals surface area (Å²) in [4.78, 5) is 19.0. The molecular weight excluding hydrogens is 242 g/mol. The van der Waals surface area contributed by atoms with Crippen molar-refractivity contribution >= 4 is 17.6 Å². The van der Waals surface area contributed by atoms with Gasteiger partial charge in [0, 0.05) is 25.0 Å². The number of carboxylic acid groups (broad SMARTS) is 1. The molecule has 2 rings (SSSR count). The maximum Gasteiger partial charge on any atom is 0.337 e. The van der Waals surface area contributed by atoms with Crippen LogP contribution in [0.15, 0.2) is 24.7 Å². The van der Waals surface area contributed by atoms with Gasteiger partial charge >= 0.3 is 5.97 Å². The molecule has 0 amide bonds. The van der Waals surface area contributed by atoms with Crippen molar-refractivity contribution in [1.82, 2.24) is 14.5 Å². The zero-order valence-corrected chi connectivity index (χ0v) is 9.85. The van der Waals surface area contributed by atoms with Crippen LogP contribution in [-0.4, -0.2) is 25.6 Å². The van der Waals surface area contributed by atoms with Crippen LogP contribution < -0.4 is 0 Å². The molecule has 0 aromatic carbocycles. The summed E-state index contributed by atoms with van der Waals surface area (Å²) in [5.74, 6) is 0.265. The van der Waals surface area contributed by atoms with E-state index in [1.54, 1.807) is 17.0 Å². The molecule has 0 atom stereocenters. The van der Waals surface area contributed by atoms with Crippen LogP contribution in [0.4, 0.5) is 0 Å². The van der Waals surface area contributed by atoms with Gasteiger partial charge in [-0.3, -0.25) is 4.57 Å². The number of aromatic carboxylic acids is 1. The molecule has 2 heterocycles. The zero-order valence-electron chi connectivity index (χ0n) is 9.09. The summed E-state index contributed by atoms with van der Waals surface area (Å²) in [7, 11) is 0. The molecule has 2 aromatic heterocycles. The van der Waals surface area contributed by atoms with E-state index in [4.69, 9.17) is 16.7 Å². The van der Waals surface area contributed by atoms with Gasteiger partial charge in [0.05, 0.1) is 10.6 Å². The Morgan fingerprint density at radius 3 is 2.88 bits per heavy atom. The highest BCUT2D eigenvalue weighted by Gasteiger charge is 2.11. The molecular formula is C11H10ClN3O2. The number of aromatic nitrogens is 3. The summed E-state index contributed by atoms with van der Waals surface area (Å²) >= 11 is 6.02. The van der Waals surface area contributed by atoms with Gasteiger partial charge in [0.15, 0.2) is 5.82 Å². The third-order valence-electron chi connectivity index (χ3n) is 2.33. The molecule has 2 aromatic rings. The third-order valence-corrected chi connectivity index (χ3v) is 2.61. The Morgan fingerprint density at radius 2 is 2.29 bits per heavy atom. The molecule has 0 saturated carbocycles. The second-order valence-electron chi connectivity index (χ2n) is 3.40. The number of rotatable bonds is 3. The fourth-order valence-electron chi connectivity index (χ4n) is 1.51. The maximum atomic E-state index is 10.8. The standard InChI is InChI=1S/C11H10ClN3O2/c1-2-9-13-3-4-15(9)10-8(12)5-7(6-14-10)11(16)17/h3-6H,2H2,1H3,(H,16,17). The Bertz CT molecular complexity index is 566. The van der Waals surface area contributed by atoms with E-state index in [0.717, 1.165) is 12.2 Å².